The Morgan fingerprint density at radius 1 is 1.09 bits per heavy atom. The van der Waals surface area contributed by atoms with Gasteiger partial charge in [0, 0.05) is 23.4 Å². The molecule has 2 aromatic heterocycles. The van der Waals surface area contributed by atoms with E-state index in [0.29, 0.717) is 28.8 Å². The zero-order valence-corrected chi connectivity index (χ0v) is 21.7. The zero-order chi connectivity index (χ0) is 24.9. The van der Waals surface area contributed by atoms with Crippen LogP contribution >= 0.6 is 15.9 Å². The number of carbonyl (C=O) groups is 1. The zero-order valence-electron chi connectivity index (χ0n) is 20.1. The normalized spacial score (nSPS) is 10.8. The number of aryl methyl sites for hydroxylation is 3. The number of nitrogens with one attached hydrogen (secondary N) is 2. The van der Waals surface area contributed by atoms with Crippen LogP contribution in [0.4, 0.5) is 17.3 Å². The van der Waals surface area contributed by atoms with Crippen molar-refractivity contribution in [2.45, 2.75) is 26.7 Å². The fourth-order valence-corrected chi connectivity index (χ4v) is 4.19. The molecule has 0 aliphatic heterocycles. The molecule has 180 valence electrons. The summed E-state index contributed by atoms with van der Waals surface area (Å²) in [5, 5.41) is 10.7. The largest absolute Gasteiger partial charge is 0.495 e. The van der Waals surface area contributed by atoms with Crippen molar-refractivity contribution in [2.75, 3.05) is 17.7 Å². The van der Waals surface area contributed by atoms with Gasteiger partial charge in [-0.2, -0.15) is 5.10 Å². The number of hydrogen-bond acceptors (Lipinski definition) is 6. The second-order valence-corrected chi connectivity index (χ2v) is 8.80. The van der Waals surface area contributed by atoms with E-state index in [1.54, 1.807) is 37.2 Å². The van der Waals surface area contributed by atoms with Gasteiger partial charge in [0.2, 0.25) is 5.95 Å². The van der Waals surface area contributed by atoms with E-state index in [-0.39, 0.29) is 5.91 Å². The molecule has 0 radical (unpaired) electrons. The second kappa shape index (κ2) is 10.7. The van der Waals surface area contributed by atoms with E-state index in [1.807, 2.05) is 36.4 Å². The Hall–Kier alpha value is -3.72. The molecule has 0 saturated heterocycles. The number of amides is 1. The fraction of sp³-hybridized carbons (Fsp3) is 0.231. The number of anilines is 3. The Balaban J connectivity index is 1.59. The molecule has 2 N–H and O–H groups in total. The standard InChI is InChI=1S/C26H27BrN6O2/c1-5-16-8-7-9-17(6-2)24(16)31-25(34)21-15-22(33(3)32-21)19-12-13-28-26(29-19)30-20-11-10-18(27)14-23(20)35-4/h7-15H,5-6H2,1-4H3,(H,31,34)(H,28,29,30). The summed E-state index contributed by atoms with van der Waals surface area (Å²) in [5.41, 5.74) is 5.45. The van der Waals surface area contributed by atoms with Crippen molar-refractivity contribution in [2.24, 2.45) is 7.05 Å². The Bertz CT molecular complexity index is 1350. The molecule has 4 aromatic rings. The number of para-hydroxylation sites is 1. The first-order chi connectivity index (χ1) is 16.9. The van der Waals surface area contributed by atoms with Crippen molar-refractivity contribution in [3.63, 3.8) is 0 Å². The molecule has 0 aliphatic rings. The summed E-state index contributed by atoms with van der Waals surface area (Å²) < 4.78 is 7.99. The topological polar surface area (TPSA) is 94.0 Å². The molecule has 35 heavy (non-hydrogen) atoms. The lowest BCUT2D eigenvalue weighted by Crippen LogP contribution is -2.15. The lowest BCUT2D eigenvalue weighted by atomic mass is 10.0. The highest BCUT2D eigenvalue weighted by atomic mass is 79.9. The van der Waals surface area contributed by atoms with Gasteiger partial charge in [0.15, 0.2) is 5.69 Å². The third-order valence-corrected chi connectivity index (χ3v) is 6.17. The Kier molecular flexibility index (Phi) is 7.45. The summed E-state index contributed by atoms with van der Waals surface area (Å²) in [6.45, 7) is 4.15. The van der Waals surface area contributed by atoms with E-state index >= 15 is 0 Å². The maximum absolute atomic E-state index is 13.1. The molecule has 0 atom stereocenters. The van der Waals surface area contributed by atoms with Gasteiger partial charge in [-0.15, -0.1) is 0 Å². The number of hydrogen-bond donors (Lipinski definition) is 2. The highest BCUT2D eigenvalue weighted by molar-refractivity contribution is 9.10. The Morgan fingerprint density at radius 3 is 2.51 bits per heavy atom. The SMILES string of the molecule is CCc1cccc(CC)c1NC(=O)c1cc(-c2ccnc(Nc3ccc(Br)cc3OC)n2)n(C)n1. The van der Waals surface area contributed by atoms with Crippen molar-refractivity contribution in [1.82, 2.24) is 19.7 Å². The highest BCUT2D eigenvalue weighted by Crippen LogP contribution is 2.30. The third kappa shape index (κ3) is 5.35. The molecule has 0 unspecified atom stereocenters. The van der Waals surface area contributed by atoms with E-state index in [4.69, 9.17) is 4.74 Å². The van der Waals surface area contributed by atoms with E-state index < -0.39 is 0 Å². The number of aromatic nitrogens is 4. The third-order valence-electron chi connectivity index (χ3n) is 5.68. The van der Waals surface area contributed by atoms with Gasteiger partial charge in [-0.25, -0.2) is 9.97 Å². The van der Waals surface area contributed by atoms with Crippen molar-refractivity contribution >= 4 is 39.2 Å². The number of carbonyl (C=O) groups excluding carboxylic acids is 1. The number of rotatable bonds is 8. The molecule has 4 rings (SSSR count). The predicted octanol–water partition coefficient (Wildman–Crippen LogP) is 5.77. The molecule has 1 amide bonds. The van der Waals surface area contributed by atoms with Crippen molar-refractivity contribution in [3.05, 3.63) is 76.0 Å². The van der Waals surface area contributed by atoms with Crippen LogP contribution in [0.2, 0.25) is 0 Å². The van der Waals surface area contributed by atoms with Crippen LogP contribution in [-0.4, -0.2) is 32.8 Å². The Labute approximate surface area is 212 Å². The highest BCUT2D eigenvalue weighted by Gasteiger charge is 2.18. The summed E-state index contributed by atoms with van der Waals surface area (Å²) >= 11 is 3.44. The maximum atomic E-state index is 13.1. The maximum Gasteiger partial charge on any atom is 0.276 e. The molecule has 0 fully saturated rings. The minimum absolute atomic E-state index is 0.255. The molecule has 8 nitrogen and oxygen atoms in total. The number of ether oxygens (including phenoxy) is 1. The van der Waals surface area contributed by atoms with E-state index in [0.717, 1.165) is 39.8 Å². The van der Waals surface area contributed by atoms with E-state index in [2.05, 4.69) is 55.5 Å². The van der Waals surface area contributed by atoms with Crippen LogP contribution in [0.1, 0.15) is 35.5 Å². The molecule has 9 heteroatoms. The number of nitrogens with zero attached hydrogens (tertiary/aromatic N) is 4. The molecule has 2 heterocycles. The van der Waals surface area contributed by atoms with E-state index in [1.165, 1.54) is 0 Å². The van der Waals surface area contributed by atoms with Gasteiger partial charge in [-0.3, -0.25) is 9.48 Å². The first-order valence-electron chi connectivity index (χ1n) is 11.3. The quantitative estimate of drug-likeness (QED) is 0.298. The minimum atomic E-state index is -0.255. The van der Waals surface area contributed by atoms with Crippen LogP contribution in [0.3, 0.4) is 0 Å². The number of methoxy groups -OCH3 is 1. The molecule has 0 spiro atoms. The summed E-state index contributed by atoms with van der Waals surface area (Å²) in [6, 6.07) is 15.3. The monoisotopic (exact) mass is 534 g/mol. The van der Waals surface area contributed by atoms with Gasteiger partial charge >= 0.3 is 0 Å². The average Bonchev–Trinajstić information content (AvgIpc) is 3.27. The first kappa shape index (κ1) is 24.4. The van der Waals surface area contributed by atoms with Gasteiger partial charge < -0.3 is 15.4 Å². The lowest BCUT2D eigenvalue weighted by Gasteiger charge is -2.13. The van der Waals surface area contributed by atoms with Crippen LogP contribution in [0.25, 0.3) is 11.4 Å². The first-order valence-corrected chi connectivity index (χ1v) is 12.1. The van der Waals surface area contributed by atoms with Crippen LogP contribution in [0, 0.1) is 0 Å². The van der Waals surface area contributed by atoms with Crippen LogP contribution in [-0.2, 0) is 19.9 Å². The van der Waals surface area contributed by atoms with Gasteiger partial charge in [-0.05, 0) is 54.3 Å². The van der Waals surface area contributed by atoms with Crippen LogP contribution in [0.5, 0.6) is 5.75 Å². The summed E-state index contributed by atoms with van der Waals surface area (Å²) in [6.07, 6.45) is 3.32. The van der Waals surface area contributed by atoms with Crippen LogP contribution in [0.15, 0.2) is 59.2 Å². The molecule has 0 aliphatic carbocycles. The fourth-order valence-electron chi connectivity index (χ4n) is 3.85. The average molecular weight is 535 g/mol. The second-order valence-electron chi connectivity index (χ2n) is 7.89. The minimum Gasteiger partial charge on any atom is -0.495 e. The summed E-state index contributed by atoms with van der Waals surface area (Å²) in [7, 11) is 3.39. The number of benzene rings is 2. The smallest absolute Gasteiger partial charge is 0.276 e. The van der Waals surface area contributed by atoms with E-state index in [9.17, 15) is 4.79 Å². The molecular formula is C26H27BrN6O2. The number of halogens is 1. The van der Waals surface area contributed by atoms with Gasteiger partial charge in [-0.1, -0.05) is 48.0 Å². The molecule has 0 saturated carbocycles. The lowest BCUT2D eigenvalue weighted by molar-refractivity contribution is 0.102. The summed E-state index contributed by atoms with van der Waals surface area (Å²) in [5.74, 6) is 0.806. The van der Waals surface area contributed by atoms with Gasteiger partial charge in [0.05, 0.1) is 24.2 Å². The van der Waals surface area contributed by atoms with Crippen LogP contribution < -0.4 is 15.4 Å². The van der Waals surface area contributed by atoms with Crippen molar-refractivity contribution in [3.8, 4) is 17.1 Å². The van der Waals surface area contributed by atoms with Gasteiger partial charge in [0.1, 0.15) is 5.75 Å². The molecule has 2 aromatic carbocycles. The van der Waals surface area contributed by atoms with Crippen molar-refractivity contribution < 1.29 is 9.53 Å². The van der Waals surface area contributed by atoms with Crippen molar-refractivity contribution in [1.29, 1.82) is 0 Å². The summed E-state index contributed by atoms with van der Waals surface area (Å²) in [4.78, 5) is 22.1. The predicted molar refractivity (Wildman–Crippen MR) is 141 cm³/mol. The Morgan fingerprint density at radius 2 is 1.83 bits per heavy atom. The van der Waals surface area contributed by atoms with Gasteiger partial charge in [0.25, 0.3) is 5.91 Å². The molecule has 0 bridgehead atoms. The molecular weight excluding hydrogens is 508 g/mol.